The number of carbonyl (C=O) groups excluding carboxylic acids is 1. The summed E-state index contributed by atoms with van der Waals surface area (Å²) < 4.78 is 1.34. The minimum Gasteiger partial charge on any atom is -0.366 e. The van der Waals surface area contributed by atoms with Crippen molar-refractivity contribution < 1.29 is 4.79 Å². The third-order valence-corrected chi connectivity index (χ3v) is 1.86. The van der Waals surface area contributed by atoms with Gasteiger partial charge in [0.2, 0.25) is 5.91 Å². The molecule has 0 bridgehead atoms. The van der Waals surface area contributed by atoms with Crippen molar-refractivity contribution in [1.29, 1.82) is 5.26 Å². The maximum Gasteiger partial charge on any atom is 0.252 e. The summed E-state index contributed by atoms with van der Waals surface area (Å²) in [7, 11) is 0. The number of nitrogens with two attached hydrogens (primary N) is 1. The predicted molar refractivity (Wildman–Crippen MR) is 52.4 cm³/mol. The van der Waals surface area contributed by atoms with Crippen LogP contribution in [0.15, 0.2) is 24.7 Å². The monoisotopic (exact) mass is 214 g/mol. The third kappa shape index (κ3) is 1.72. The normalized spacial score (nSPS) is 9.69. The summed E-state index contributed by atoms with van der Waals surface area (Å²) in [5.41, 5.74) is 5.38. The SMILES string of the molecule is N#Cc1ncn(-c2ccc(C(N)=O)cn2)n1. The fourth-order valence-corrected chi connectivity index (χ4v) is 1.09. The molecular formula is C9H6N6O. The number of amides is 1. The highest BCUT2D eigenvalue weighted by Gasteiger charge is 2.04. The van der Waals surface area contributed by atoms with Gasteiger partial charge in [-0.3, -0.25) is 4.79 Å². The number of rotatable bonds is 2. The summed E-state index contributed by atoms with van der Waals surface area (Å²) in [6, 6.07) is 4.89. The second kappa shape index (κ2) is 3.78. The molecule has 78 valence electrons. The zero-order chi connectivity index (χ0) is 11.5. The van der Waals surface area contributed by atoms with Crippen LogP contribution in [0.1, 0.15) is 16.2 Å². The average molecular weight is 214 g/mol. The number of hydrogen-bond donors (Lipinski definition) is 1. The van der Waals surface area contributed by atoms with Crippen molar-refractivity contribution in [2.45, 2.75) is 0 Å². The van der Waals surface area contributed by atoms with Gasteiger partial charge in [0.1, 0.15) is 12.4 Å². The zero-order valence-electron chi connectivity index (χ0n) is 8.03. The Kier molecular flexibility index (Phi) is 2.31. The number of pyridine rings is 1. The molecule has 0 aliphatic heterocycles. The smallest absolute Gasteiger partial charge is 0.252 e. The minimum absolute atomic E-state index is 0.0563. The molecule has 1 amide bonds. The van der Waals surface area contributed by atoms with Crippen molar-refractivity contribution >= 4 is 5.91 Å². The van der Waals surface area contributed by atoms with Crippen LogP contribution in [-0.2, 0) is 0 Å². The Morgan fingerprint density at radius 1 is 1.44 bits per heavy atom. The zero-order valence-corrected chi connectivity index (χ0v) is 8.03. The number of aromatic nitrogens is 4. The van der Waals surface area contributed by atoms with Gasteiger partial charge in [0.15, 0.2) is 5.82 Å². The van der Waals surface area contributed by atoms with E-state index in [1.807, 2.05) is 0 Å². The van der Waals surface area contributed by atoms with E-state index >= 15 is 0 Å². The molecule has 2 heterocycles. The van der Waals surface area contributed by atoms with E-state index in [0.717, 1.165) is 0 Å². The van der Waals surface area contributed by atoms with E-state index in [1.165, 1.54) is 23.3 Å². The molecule has 0 atom stereocenters. The summed E-state index contributed by atoms with van der Waals surface area (Å²) in [6.45, 7) is 0. The first kappa shape index (κ1) is 9.79. The first-order valence-corrected chi connectivity index (χ1v) is 4.28. The molecule has 0 spiro atoms. The molecule has 0 aliphatic rings. The van der Waals surface area contributed by atoms with Gasteiger partial charge in [-0.2, -0.15) is 5.26 Å². The van der Waals surface area contributed by atoms with Crippen molar-refractivity contribution in [2.24, 2.45) is 5.73 Å². The van der Waals surface area contributed by atoms with Crippen LogP contribution < -0.4 is 5.73 Å². The van der Waals surface area contributed by atoms with Crippen molar-refractivity contribution in [2.75, 3.05) is 0 Å². The van der Waals surface area contributed by atoms with Crippen LogP contribution in [0.3, 0.4) is 0 Å². The Balaban J connectivity index is 2.35. The topological polar surface area (TPSA) is 110 Å². The summed E-state index contributed by atoms with van der Waals surface area (Å²) in [4.78, 5) is 18.5. The molecule has 2 N–H and O–H groups in total. The van der Waals surface area contributed by atoms with Crippen molar-refractivity contribution in [3.8, 4) is 11.9 Å². The van der Waals surface area contributed by atoms with Crippen molar-refractivity contribution in [3.05, 3.63) is 36.0 Å². The highest BCUT2D eigenvalue weighted by molar-refractivity contribution is 5.92. The fraction of sp³-hybridized carbons (Fsp3) is 0. The predicted octanol–water partition coefficient (Wildman–Crippen LogP) is -0.367. The maximum absolute atomic E-state index is 10.8. The van der Waals surface area contributed by atoms with E-state index in [2.05, 4.69) is 15.1 Å². The summed E-state index contributed by atoms with van der Waals surface area (Å²) in [6.07, 6.45) is 2.70. The number of nitrogens with zero attached hydrogens (tertiary/aromatic N) is 5. The van der Waals surface area contributed by atoms with Crippen LogP contribution in [-0.4, -0.2) is 25.7 Å². The van der Waals surface area contributed by atoms with E-state index in [4.69, 9.17) is 11.0 Å². The number of hydrogen-bond acceptors (Lipinski definition) is 5. The lowest BCUT2D eigenvalue weighted by Gasteiger charge is -1.99. The molecule has 0 unspecified atom stereocenters. The largest absolute Gasteiger partial charge is 0.366 e. The van der Waals surface area contributed by atoms with Gasteiger partial charge in [0.05, 0.1) is 5.56 Å². The van der Waals surface area contributed by atoms with Gasteiger partial charge < -0.3 is 5.73 Å². The number of primary amides is 1. The standard InChI is InChI=1S/C9H6N6O/c10-3-7-13-5-15(14-7)8-2-1-6(4-12-8)9(11)16/h1-2,4-5H,(H2,11,16). The Morgan fingerprint density at radius 2 is 2.25 bits per heavy atom. The lowest BCUT2D eigenvalue weighted by molar-refractivity contribution is 0.1000. The van der Waals surface area contributed by atoms with E-state index in [0.29, 0.717) is 11.4 Å². The van der Waals surface area contributed by atoms with Crippen LogP contribution in [0.5, 0.6) is 0 Å². The highest BCUT2D eigenvalue weighted by Crippen LogP contribution is 2.03. The van der Waals surface area contributed by atoms with Crippen LogP contribution in [0, 0.1) is 11.3 Å². The van der Waals surface area contributed by atoms with Crippen molar-refractivity contribution in [3.63, 3.8) is 0 Å². The van der Waals surface area contributed by atoms with Gasteiger partial charge in [-0.25, -0.2) is 14.6 Å². The summed E-state index contributed by atoms with van der Waals surface area (Å²) in [5, 5.41) is 12.4. The second-order valence-corrected chi connectivity index (χ2v) is 2.89. The molecule has 0 saturated heterocycles. The molecule has 0 fully saturated rings. The quantitative estimate of drug-likeness (QED) is 0.733. The van der Waals surface area contributed by atoms with Crippen LogP contribution >= 0.6 is 0 Å². The van der Waals surface area contributed by atoms with Crippen LogP contribution in [0.4, 0.5) is 0 Å². The molecule has 0 aromatic carbocycles. The van der Waals surface area contributed by atoms with Gasteiger partial charge in [-0.1, -0.05) is 0 Å². The first-order chi connectivity index (χ1) is 7.70. The second-order valence-electron chi connectivity index (χ2n) is 2.89. The third-order valence-electron chi connectivity index (χ3n) is 1.86. The Labute approximate surface area is 90.2 Å². The van der Waals surface area contributed by atoms with Gasteiger partial charge in [-0.15, -0.1) is 5.10 Å². The van der Waals surface area contributed by atoms with Gasteiger partial charge in [0.25, 0.3) is 5.82 Å². The lowest BCUT2D eigenvalue weighted by Crippen LogP contribution is -2.11. The lowest BCUT2D eigenvalue weighted by atomic mass is 10.3. The molecule has 0 radical (unpaired) electrons. The molecule has 2 aromatic rings. The first-order valence-electron chi connectivity index (χ1n) is 4.28. The maximum atomic E-state index is 10.8. The number of carbonyl (C=O) groups is 1. The molecule has 0 saturated carbocycles. The molecule has 7 nitrogen and oxygen atoms in total. The average Bonchev–Trinajstić information content (AvgIpc) is 2.77. The van der Waals surface area contributed by atoms with E-state index in [9.17, 15) is 4.79 Å². The van der Waals surface area contributed by atoms with Gasteiger partial charge in [-0.05, 0) is 12.1 Å². The molecule has 2 rings (SSSR count). The summed E-state index contributed by atoms with van der Waals surface area (Å²) >= 11 is 0. The number of nitriles is 1. The van der Waals surface area contributed by atoms with E-state index in [-0.39, 0.29) is 5.82 Å². The molecule has 7 heteroatoms. The van der Waals surface area contributed by atoms with Gasteiger partial charge in [0, 0.05) is 6.20 Å². The van der Waals surface area contributed by atoms with E-state index < -0.39 is 5.91 Å². The van der Waals surface area contributed by atoms with Crippen LogP contribution in [0.25, 0.3) is 5.82 Å². The van der Waals surface area contributed by atoms with Crippen LogP contribution in [0.2, 0.25) is 0 Å². The minimum atomic E-state index is -0.546. The Bertz CT molecular complexity index is 564. The fourth-order valence-electron chi connectivity index (χ4n) is 1.09. The Morgan fingerprint density at radius 3 is 2.75 bits per heavy atom. The van der Waals surface area contributed by atoms with Crippen molar-refractivity contribution in [1.82, 2.24) is 19.7 Å². The molecule has 0 aliphatic carbocycles. The highest BCUT2D eigenvalue weighted by atomic mass is 16.1. The van der Waals surface area contributed by atoms with Gasteiger partial charge >= 0.3 is 0 Å². The molecular weight excluding hydrogens is 208 g/mol. The van der Waals surface area contributed by atoms with E-state index in [1.54, 1.807) is 12.1 Å². The Hall–Kier alpha value is -2.75. The summed E-state index contributed by atoms with van der Waals surface area (Å²) in [5.74, 6) is -0.0323. The molecule has 16 heavy (non-hydrogen) atoms. The molecule has 2 aromatic heterocycles.